The smallest absolute Gasteiger partial charge is 0.126 e. The maximum atomic E-state index is 12.5. The molecule has 0 saturated heterocycles. The zero-order valence-electron chi connectivity index (χ0n) is 6.79. The molecule has 0 aromatic heterocycles. The fourth-order valence-corrected chi connectivity index (χ4v) is 1.03. The van der Waals surface area contributed by atoms with Gasteiger partial charge in [0.15, 0.2) is 0 Å². The number of halogens is 1. The van der Waals surface area contributed by atoms with Crippen LogP contribution in [0.15, 0.2) is 18.2 Å². The molecule has 0 aliphatic heterocycles. The van der Waals surface area contributed by atoms with Gasteiger partial charge in [0, 0.05) is 18.6 Å². The molecular weight excluding hydrogens is 159 g/mol. The van der Waals surface area contributed by atoms with E-state index in [4.69, 9.17) is 5.11 Å². The summed E-state index contributed by atoms with van der Waals surface area (Å²) in [6.07, 6.45) is 0. The van der Waals surface area contributed by atoms with E-state index >= 15 is 0 Å². The van der Waals surface area contributed by atoms with Crippen molar-refractivity contribution in [1.82, 2.24) is 0 Å². The van der Waals surface area contributed by atoms with Gasteiger partial charge in [-0.05, 0) is 11.6 Å². The van der Waals surface area contributed by atoms with E-state index in [1.807, 2.05) is 0 Å². The van der Waals surface area contributed by atoms with Gasteiger partial charge in [-0.1, -0.05) is 13.0 Å². The fraction of sp³-hybridized carbons (Fsp3) is 0.333. The first-order chi connectivity index (χ1) is 5.65. The SMILES string of the molecule is CC(CO)c1ccc(F)cc1O. The van der Waals surface area contributed by atoms with Crippen LogP contribution < -0.4 is 0 Å². The molecule has 0 heterocycles. The summed E-state index contributed by atoms with van der Waals surface area (Å²) in [5, 5.41) is 18.0. The minimum Gasteiger partial charge on any atom is -0.508 e. The quantitative estimate of drug-likeness (QED) is 0.708. The van der Waals surface area contributed by atoms with Gasteiger partial charge in [0.1, 0.15) is 11.6 Å². The molecule has 1 rings (SSSR count). The summed E-state index contributed by atoms with van der Waals surface area (Å²) in [6.45, 7) is 1.70. The monoisotopic (exact) mass is 170 g/mol. The first-order valence-corrected chi connectivity index (χ1v) is 3.74. The van der Waals surface area contributed by atoms with E-state index in [1.165, 1.54) is 12.1 Å². The Kier molecular flexibility index (Phi) is 2.65. The molecule has 0 fully saturated rings. The van der Waals surface area contributed by atoms with Crippen molar-refractivity contribution in [2.75, 3.05) is 6.61 Å². The highest BCUT2D eigenvalue weighted by molar-refractivity contribution is 5.35. The van der Waals surface area contributed by atoms with E-state index < -0.39 is 5.82 Å². The lowest BCUT2D eigenvalue weighted by Gasteiger charge is -2.09. The van der Waals surface area contributed by atoms with Crippen LogP contribution in [-0.2, 0) is 0 Å². The standard InChI is InChI=1S/C9H11FO2/c1-6(5-11)8-3-2-7(10)4-9(8)12/h2-4,6,11-12H,5H2,1H3. The molecule has 0 bridgehead atoms. The van der Waals surface area contributed by atoms with Crippen molar-refractivity contribution in [2.45, 2.75) is 12.8 Å². The third-order valence-corrected chi connectivity index (χ3v) is 1.80. The summed E-state index contributed by atoms with van der Waals surface area (Å²) in [5.41, 5.74) is 0.568. The molecule has 0 radical (unpaired) electrons. The van der Waals surface area contributed by atoms with Gasteiger partial charge in [0.2, 0.25) is 0 Å². The Labute approximate surface area is 70.3 Å². The van der Waals surface area contributed by atoms with Gasteiger partial charge in [-0.25, -0.2) is 4.39 Å². The van der Waals surface area contributed by atoms with Gasteiger partial charge >= 0.3 is 0 Å². The van der Waals surface area contributed by atoms with Gasteiger partial charge in [-0.3, -0.25) is 0 Å². The predicted molar refractivity (Wildman–Crippen MR) is 43.6 cm³/mol. The number of aliphatic hydroxyl groups excluding tert-OH is 1. The second-order valence-electron chi connectivity index (χ2n) is 2.79. The van der Waals surface area contributed by atoms with Crippen LogP contribution in [0.2, 0.25) is 0 Å². The van der Waals surface area contributed by atoms with E-state index in [0.29, 0.717) is 5.56 Å². The topological polar surface area (TPSA) is 40.5 Å². The molecule has 1 aromatic carbocycles. The normalized spacial score (nSPS) is 12.9. The molecule has 1 aromatic rings. The van der Waals surface area contributed by atoms with Gasteiger partial charge in [-0.2, -0.15) is 0 Å². The number of aliphatic hydroxyl groups is 1. The first kappa shape index (κ1) is 9.00. The Morgan fingerprint density at radius 1 is 1.50 bits per heavy atom. The Morgan fingerprint density at radius 2 is 2.17 bits per heavy atom. The van der Waals surface area contributed by atoms with Gasteiger partial charge < -0.3 is 10.2 Å². The average molecular weight is 170 g/mol. The van der Waals surface area contributed by atoms with Crippen molar-refractivity contribution in [2.24, 2.45) is 0 Å². The molecule has 0 aliphatic carbocycles. The summed E-state index contributed by atoms with van der Waals surface area (Å²) in [7, 11) is 0. The molecule has 0 amide bonds. The molecule has 0 spiro atoms. The Balaban J connectivity index is 3.01. The highest BCUT2D eigenvalue weighted by Crippen LogP contribution is 2.25. The maximum absolute atomic E-state index is 12.5. The zero-order valence-corrected chi connectivity index (χ0v) is 6.79. The molecule has 2 N–H and O–H groups in total. The largest absolute Gasteiger partial charge is 0.508 e. The lowest BCUT2D eigenvalue weighted by molar-refractivity contribution is 0.270. The van der Waals surface area contributed by atoms with Gasteiger partial charge in [0.05, 0.1) is 0 Å². The number of benzene rings is 1. The Bertz CT molecular complexity index is 273. The van der Waals surface area contributed by atoms with Crippen molar-refractivity contribution < 1.29 is 14.6 Å². The second-order valence-corrected chi connectivity index (χ2v) is 2.79. The van der Waals surface area contributed by atoms with Crippen LogP contribution in [-0.4, -0.2) is 16.8 Å². The molecular formula is C9H11FO2. The molecule has 0 aliphatic rings. The van der Waals surface area contributed by atoms with Crippen molar-refractivity contribution in [3.63, 3.8) is 0 Å². The van der Waals surface area contributed by atoms with Crippen molar-refractivity contribution in [3.05, 3.63) is 29.6 Å². The van der Waals surface area contributed by atoms with Crippen molar-refractivity contribution in [1.29, 1.82) is 0 Å². The van der Waals surface area contributed by atoms with Crippen LogP contribution in [0.3, 0.4) is 0 Å². The number of aromatic hydroxyl groups is 1. The van der Waals surface area contributed by atoms with Crippen molar-refractivity contribution >= 4 is 0 Å². The first-order valence-electron chi connectivity index (χ1n) is 3.74. The molecule has 66 valence electrons. The maximum Gasteiger partial charge on any atom is 0.126 e. The lowest BCUT2D eigenvalue weighted by Crippen LogP contribution is -1.99. The van der Waals surface area contributed by atoms with E-state index in [-0.39, 0.29) is 18.3 Å². The molecule has 1 atom stereocenters. The number of rotatable bonds is 2. The van der Waals surface area contributed by atoms with Crippen LogP contribution in [0.25, 0.3) is 0 Å². The van der Waals surface area contributed by atoms with E-state index in [0.717, 1.165) is 6.07 Å². The summed E-state index contributed by atoms with van der Waals surface area (Å²) in [5.74, 6) is -0.733. The minimum atomic E-state index is -0.471. The molecule has 12 heavy (non-hydrogen) atoms. The number of hydrogen-bond acceptors (Lipinski definition) is 2. The predicted octanol–water partition coefficient (Wildman–Crippen LogP) is 1.63. The van der Waals surface area contributed by atoms with E-state index in [1.54, 1.807) is 6.92 Å². The zero-order chi connectivity index (χ0) is 9.14. The lowest BCUT2D eigenvalue weighted by atomic mass is 10.0. The summed E-state index contributed by atoms with van der Waals surface area (Å²) >= 11 is 0. The summed E-state index contributed by atoms with van der Waals surface area (Å²) in [4.78, 5) is 0. The summed E-state index contributed by atoms with van der Waals surface area (Å²) < 4.78 is 12.5. The second kappa shape index (κ2) is 3.54. The van der Waals surface area contributed by atoms with Gasteiger partial charge in [-0.15, -0.1) is 0 Å². The van der Waals surface area contributed by atoms with Crippen LogP contribution in [0.1, 0.15) is 18.4 Å². The number of phenols is 1. The highest BCUT2D eigenvalue weighted by Gasteiger charge is 2.09. The van der Waals surface area contributed by atoms with Crippen LogP contribution in [0.4, 0.5) is 4.39 Å². The average Bonchev–Trinajstić information content (AvgIpc) is 2.03. The molecule has 2 nitrogen and oxygen atoms in total. The molecule has 0 saturated carbocycles. The summed E-state index contributed by atoms with van der Waals surface area (Å²) in [6, 6.07) is 3.79. The van der Waals surface area contributed by atoms with Gasteiger partial charge in [0.25, 0.3) is 0 Å². The van der Waals surface area contributed by atoms with Crippen LogP contribution in [0.5, 0.6) is 5.75 Å². The van der Waals surface area contributed by atoms with Crippen molar-refractivity contribution in [3.8, 4) is 5.75 Å². The Hall–Kier alpha value is -1.09. The molecule has 3 heteroatoms. The van der Waals surface area contributed by atoms with E-state index in [9.17, 15) is 9.50 Å². The Morgan fingerprint density at radius 3 is 2.67 bits per heavy atom. The van der Waals surface area contributed by atoms with Crippen LogP contribution in [0, 0.1) is 5.82 Å². The minimum absolute atomic E-state index is 0.0564. The third-order valence-electron chi connectivity index (χ3n) is 1.80. The highest BCUT2D eigenvalue weighted by atomic mass is 19.1. The third kappa shape index (κ3) is 1.74. The molecule has 1 unspecified atom stereocenters. The van der Waals surface area contributed by atoms with Crippen LogP contribution >= 0.6 is 0 Å². The number of phenolic OH excluding ortho intramolecular Hbond substituents is 1. The van der Waals surface area contributed by atoms with E-state index in [2.05, 4.69) is 0 Å². The fourth-order valence-electron chi connectivity index (χ4n) is 1.03. The number of hydrogen-bond donors (Lipinski definition) is 2.